The van der Waals surface area contributed by atoms with Crippen LogP contribution in [0.1, 0.15) is 195 Å². The summed E-state index contributed by atoms with van der Waals surface area (Å²) < 4.78 is 6.33. The highest BCUT2D eigenvalue weighted by Crippen LogP contribution is 2.67. The molecular weight excluding hydrogens is 727 g/mol. The van der Waals surface area contributed by atoms with Crippen LogP contribution in [0.3, 0.4) is 0 Å². The number of ether oxygens (including phenoxy) is 1. The lowest BCUT2D eigenvalue weighted by atomic mass is 9.47. The maximum Gasteiger partial charge on any atom is 0.329 e. The van der Waals surface area contributed by atoms with Gasteiger partial charge in [-0.15, -0.1) is 0 Å². The fourth-order valence-electron chi connectivity index (χ4n) is 12.4. The van der Waals surface area contributed by atoms with E-state index in [0.29, 0.717) is 18.3 Å². The van der Waals surface area contributed by atoms with Crippen LogP contribution in [-0.4, -0.2) is 29.1 Å². The number of carbonyl (C=O) groups is 2. The number of phenolic OH excluding ortho intramolecular Hbond substituents is 1. The molecule has 59 heavy (non-hydrogen) atoms. The van der Waals surface area contributed by atoms with Crippen LogP contribution in [0.2, 0.25) is 0 Å². The number of nitrogens with one attached hydrogen (secondary N) is 1. The Morgan fingerprint density at radius 3 is 2.27 bits per heavy atom. The number of unbranched alkanes of at least 4 members (excludes halogenated alkanes) is 8. The number of fused-ring (bicyclic) bond motifs is 5. The minimum absolute atomic E-state index is 0.0861. The van der Waals surface area contributed by atoms with Gasteiger partial charge in [0.15, 0.2) is 0 Å². The van der Waals surface area contributed by atoms with Crippen molar-refractivity contribution in [3.8, 4) is 5.75 Å². The Bertz CT molecular complexity index is 1520. The second-order valence-corrected chi connectivity index (χ2v) is 20.6. The Kier molecular flexibility index (Phi) is 18.7. The number of hydrogen-bond acceptors (Lipinski definition) is 4. The van der Waals surface area contributed by atoms with E-state index in [1.807, 2.05) is 12.1 Å². The highest BCUT2D eigenvalue weighted by atomic mass is 16.5. The van der Waals surface area contributed by atoms with Gasteiger partial charge in [-0.2, -0.15) is 0 Å². The largest absolute Gasteiger partial charge is 0.508 e. The van der Waals surface area contributed by atoms with Crippen LogP contribution in [0.15, 0.2) is 60.2 Å². The van der Waals surface area contributed by atoms with Gasteiger partial charge < -0.3 is 15.2 Å². The van der Waals surface area contributed by atoms with Crippen molar-refractivity contribution in [3.05, 3.63) is 65.8 Å². The third-order valence-electron chi connectivity index (χ3n) is 15.9. The first-order valence-electron chi connectivity index (χ1n) is 24.7. The zero-order valence-corrected chi connectivity index (χ0v) is 38.5. The Hall–Kier alpha value is -2.82. The predicted molar refractivity (Wildman–Crippen MR) is 246 cm³/mol. The fourth-order valence-corrected chi connectivity index (χ4v) is 12.4. The van der Waals surface area contributed by atoms with Crippen molar-refractivity contribution in [1.29, 1.82) is 0 Å². The summed E-state index contributed by atoms with van der Waals surface area (Å²) in [4.78, 5) is 27.2. The van der Waals surface area contributed by atoms with Crippen molar-refractivity contribution < 1.29 is 19.4 Å². The highest BCUT2D eigenvalue weighted by Gasteiger charge is 2.59. The molecule has 5 rings (SSSR count). The van der Waals surface area contributed by atoms with Crippen molar-refractivity contribution in [2.24, 2.45) is 46.3 Å². The van der Waals surface area contributed by atoms with E-state index in [0.717, 1.165) is 92.4 Å². The lowest BCUT2D eigenvalue weighted by Crippen LogP contribution is -2.51. The van der Waals surface area contributed by atoms with Gasteiger partial charge in [0.25, 0.3) is 0 Å². The molecule has 1 aromatic rings. The standard InChI is InChI=1S/C54H85NO4/c1-7-8-9-10-11-12-13-14-15-16-17-18-19-20-21-25-51(57)55-50(38-42-26-29-44(56)30-27-42)52(58)59-45-34-36-53(5)43(39-45)28-31-46-48-33-32-47(41(4)24-22-23-40(2)3)54(48,6)37-35-49(46)53/h11-12,14-15,26-30,40-41,45-50,56H,7-10,13,16-25,31-39H2,1-6H3,(H,55,57)/t41-,45?,46?,47-,48?,49?,50+,53+,54-/m1/s1. The second kappa shape index (κ2) is 23.4. The minimum Gasteiger partial charge on any atom is -0.508 e. The number of allylic oxidation sites excluding steroid dienone is 5. The van der Waals surface area contributed by atoms with Gasteiger partial charge in [-0.25, -0.2) is 4.79 Å². The predicted octanol–water partition coefficient (Wildman–Crippen LogP) is 14.2. The summed E-state index contributed by atoms with van der Waals surface area (Å²) in [6.07, 6.45) is 38.5. The van der Waals surface area contributed by atoms with E-state index >= 15 is 0 Å². The van der Waals surface area contributed by atoms with Gasteiger partial charge in [-0.05, 0) is 148 Å². The first kappa shape index (κ1) is 47.2. The van der Waals surface area contributed by atoms with Crippen molar-refractivity contribution in [1.82, 2.24) is 5.32 Å². The van der Waals surface area contributed by atoms with E-state index in [1.54, 1.807) is 12.1 Å². The molecule has 330 valence electrons. The molecule has 4 unspecified atom stereocenters. The molecule has 0 aliphatic heterocycles. The lowest BCUT2D eigenvalue weighted by Gasteiger charge is -2.58. The van der Waals surface area contributed by atoms with Crippen molar-refractivity contribution in [2.45, 2.75) is 208 Å². The maximum atomic E-state index is 13.9. The van der Waals surface area contributed by atoms with E-state index in [1.165, 1.54) is 95.5 Å². The lowest BCUT2D eigenvalue weighted by molar-refractivity contribution is -0.155. The number of carbonyl (C=O) groups excluding carboxylic acids is 2. The van der Waals surface area contributed by atoms with Crippen LogP contribution >= 0.6 is 0 Å². The molecule has 5 nitrogen and oxygen atoms in total. The molecule has 0 spiro atoms. The molecule has 3 fully saturated rings. The van der Waals surface area contributed by atoms with Crippen LogP contribution in [0.4, 0.5) is 0 Å². The fraction of sp³-hybridized carbons (Fsp3) is 0.741. The number of aromatic hydroxyl groups is 1. The van der Waals surface area contributed by atoms with Gasteiger partial charge in [0.05, 0.1) is 0 Å². The smallest absolute Gasteiger partial charge is 0.329 e. The van der Waals surface area contributed by atoms with Crippen molar-refractivity contribution in [3.63, 3.8) is 0 Å². The highest BCUT2D eigenvalue weighted by molar-refractivity contribution is 5.84. The van der Waals surface area contributed by atoms with Crippen LogP contribution in [0.25, 0.3) is 0 Å². The van der Waals surface area contributed by atoms with E-state index < -0.39 is 6.04 Å². The number of hydrogen-bond donors (Lipinski definition) is 2. The zero-order valence-electron chi connectivity index (χ0n) is 38.5. The molecule has 1 amide bonds. The number of rotatable bonds is 24. The molecule has 0 aromatic heterocycles. The first-order chi connectivity index (χ1) is 28.4. The van der Waals surface area contributed by atoms with Gasteiger partial charge >= 0.3 is 5.97 Å². The Balaban J connectivity index is 1.09. The summed E-state index contributed by atoms with van der Waals surface area (Å²) in [6.45, 7) is 14.7. The summed E-state index contributed by atoms with van der Waals surface area (Å²) in [5, 5.41) is 12.9. The maximum absolute atomic E-state index is 13.9. The molecule has 9 atom stereocenters. The third kappa shape index (κ3) is 13.3. The van der Waals surface area contributed by atoms with Crippen LogP contribution < -0.4 is 5.32 Å². The normalized spacial score (nSPS) is 28.9. The number of esters is 1. The molecular formula is C54H85NO4. The Morgan fingerprint density at radius 2 is 1.54 bits per heavy atom. The SMILES string of the molecule is CCCCCC=CCC=CCCCCCCCC(=O)N[C@@H](Cc1ccc(O)cc1)C(=O)OC1CC[C@@]2(C)C(=CCC3C2CC[C@@]2(C)C3CC[C@@H]2[C@H](C)CCCC(C)C)C1. The van der Waals surface area contributed by atoms with Gasteiger partial charge in [-0.3, -0.25) is 4.79 Å². The van der Waals surface area contributed by atoms with Crippen LogP contribution in [0, 0.1) is 46.3 Å². The van der Waals surface area contributed by atoms with Crippen molar-refractivity contribution >= 4 is 11.9 Å². The van der Waals surface area contributed by atoms with Gasteiger partial charge in [0.1, 0.15) is 17.9 Å². The molecule has 0 saturated heterocycles. The molecule has 2 N–H and O–H groups in total. The van der Waals surface area contributed by atoms with E-state index in [4.69, 9.17) is 4.74 Å². The second-order valence-electron chi connectivity index (χ2n) is 20.6. The Labute approximate surface area is 361 Å². The summed E-state index contributed by atoms with van der Waals surface area (Å²) in [5.41, 5.74) is 3.08. The third-order valence-corrected chi connectivity index (χ3v) is 15.9. The first-order valence-corrected chi connectivity index (χ1v) is 24.7. The summed E-state index contributed by atoms with van der Waals surface area (Å²) in [7, 11) is 0. The quantitative estimate of drug-likeness (QED) is 0.0619. The molecule has 5 heteroatoms. The Morgan fingerprint density at radius 1 is 0.831 bits per heavy atom. The van der Waals surface area contributed by atoms with E-state index in [9.17, 15) is 14.7 Å². The van der Waals surface area contributed by atoms with E-state index in [-0.39, 0.29) is 29.1 Å². The minimum atomic E-state index is -0.748. The molecule has 1 aromatic carbocycles. The zero-order chi connectivity index (χ0) is 42.3. The summed E-state index contributed by atoms with van der Waals surface area (Å²) >= 11 is 0. The number of amides is 1. The van der Waals surface area contributed by atoms with Gasteiger partial charge in [-0.1, -0.05) is 141 Å². The topological polar surface area (TPSA) is 75.6 Å². The molecule has 4 aliphatic carbocycles. The monoisotopic (exact) mass is 812 g/mol. The average Bonchev–Trinajstić information content (AvgIpc) is 3.57. The van der Waals surface area contributed by atoms with Crippen LogP contribution in [-0.2, 0) is 20.7 Å². The molecule has 0 heterocycles. The van der Waals surface area contributed by atoms with Crippen molar-refractivity contribution in [2.75, 3.05) is 0 Å². The van der Waals surface area contributed by atoms with Gasteiger partial charge in [0.2, 0.25) is 5.91 Å². The van der Waals surface area contributed by atoms with Crippen LogP contribution in [0.5, 0.6) is 5.75 Å². The summed E-state index contributed by atoms with van der Waals surface area (Å²) in [5.74, 6) is 4.59. The molecule has 3 saturated carbocycles. The molecule has 0 bridgehead atoms. The number of benzene rings is 1. The molecule has 4 aliphatic rings. The average molecular weight is 812 g/mol. The van der Waals surface area contributed by atoms with E-state index in [2.05, 4.69) is 77.2 Å². The summed E-state index contributed by atoms with van der Waals surface area (Å²) in [6, 6.07) is 6.18. The van der Waals surface area contributed by atoms with Gasteiger partial charge in [0, 0.05) is 19.3 Å². The molecule has 0 radical (unpaired) electrons. The number of phenols is 1.